The Hall–Kier alpha value is -1.09. The molecule has 16 heavy (non-hydrogen) atoms. The highest BCUT2D eigenvalue weighted by molar-refractivity contribution is 5.39. The van der Waals surface area contributed by atoms with E-state index in [2.05, 4.69) is 41.3 Å². The SMILES string of the molecule is CNc1ccc([C@@H]2CCCCN2C)c(C)n1. The number of piperidine rings is 1. The standard InChI is InChI=1S/C13H21N3/c1-10-11(7-8-13(14-2)15-10)12-6-4-5-9-16(12)3/h7-8,12H,4-6,9H2,1-3H3,(H,14,15)/t12-/m0/s1. The number of pyridine rings is 1. The summed E-state index contributed by atoms with van der Waals surface area (Å²) in [4.78, 5) is 7.01. The van der Waals surface area contributed by atoms with Gasteiger partial charge in [-0.1, -0.05) is 12.5 Å². The van der Waals surface area contributed by atoms with Gasteiger partial charge in [0.25, 0.3) is 0 Å². The molecule has 1 aromatic heterocycles. The van der Waals surface area contributed by atoms with E-state index in [1.807, 2.05) is 7.05 Å². The molecule has 3 heteroatoms. The molecule has 0 spiro atoms. The summed E-state index contributed by atoms with van der Waals surface area (Å²) < 4.78 is 0. The van der Waals surface area contributed by atoms with E-state index in [9.17, 15) is 0 Å². The molecule has 1 fully saturated rings. The van der Waals surface area contributed by atoms with E-state index >= 15 is 0 Å². The molecule has 1 aliphatic heterocycles. The van der Waals surface area contributed by atoms with Crippen molar-refractivity contribution in [1.82, 2.24) is 9.88 Å². The van der Waals surface area contributed by atoms with Crippen molar-refractivity contribution >= 4 is 5.82 Å². The maximum absolute atomic E-state index is 4.56. The Morgan fingerprint density at radius 3 is 2.81 bits per heavy atom. The summed E-state index contributed by atoms with van der Waals surface area (Å²) in [6.45, 7) is 3.32. The summed E-state index contributed by atoms with van der Waals surface area (Å²) in [5.41, 5.74) is 2.55. The molecule has 3 nitrogen and oxygen atoms in total. The third kappa shape index (κ3) is 2.19. The first-order chi connectivity index (χ1) is 7.72. The number of aromatic nitrogens is 1. The molecule has 0 amide bonds. The Bertz CT molecular complexity index is 362. The van der Waals surface area contributed by atoms with Gasteiger partial charge in [0.15, 0.2) is 0 Å². The van der Waals surface area contributed by atoms with Gasteiger partial charge in [-0.05, 0) is 45.0 Å². The van der Waals surface area contributed by atoms with E-state index in [0.717, 1.165) is 11.5 Å². The molecule has 2 rings (SSSR count). The normalized spacial score (nSPS) is 22.1. The number of nitrogens with zero attached hydrogens (tertiary/aromatic N) is 2. The maximum atomic E-state index is 4.56. The van der Waals surface area contributed by atoms with E-state index in [1.54, 1.807) is 0 Å². The molecule has 1 aliphatic rings. The van der Waals surface area contributed by atoms with E-state index in [1.165, 1.54) is 31.4 Å². The van der Waals surface area contributed by atoms with Crippen molar-refractivity contribution in [2.45, 2.75) is 32.2 Å². The van der Waals surface area contributed by atoms with Gasteiger partial charge in [0, 0.05) is 18.8 Å². The van der Waals surface area contributed by atoms with Crippen molar-refractivity contribution in [3.05, 3.63) is 23.4 Å². The van der Waals surface area contributed by atoms with Crippen LogP contribution in [0.5, 0.6) is 0 Å². The monoisotopic (exact) mass is 219 g/mol. The highest BCUT2D eigenvalue weighted by Gasteiger charge is 2.22. The minimum absolute atomic E-state index is 0.562. The van der Waals surface area contributed by atoms with Gasteiger partial charge in [-0.3, -0.25) is 4.90 Å². The number of anilines is 1. The Balaban J connectivity index is 2.25. The maximum Gasteiger partial charge on any atom is 0.125 e. The van der Waals surface area contributed by atoms with Gasteiger partial charge in [-0.2, -0.15) is 0 Å². The van der Waals surface area contributed by atoms with Crippen LogP contribution in [0.4, 0.5) is 5.82 Å². The van der Waals surface area contributed by atoms with Crippen molar-refractivity contribution in [1.29, 1.82) is 0 Å². The molecule has 0 aromatic carbocycles. The van der Waals surface area contributed by atoms with Crippen LogP contribution in [0.15, 0.2) is 12.1 Å². The van der Waals surface area contributed by atoms with Gasteiger partial charge in [0.2, 0.25) is 0 Å². The molecule has 2 heterocycles. The summed E-state index contributed by atoms with van der Waals surface area (Å²) in [5, 5.41) is 3.08. The largest absolute Gasteiger partial charge is 0.373 e. The second-order valence-corrected chi connectivity index (χ2v) is 4.61. The predicted molar refractivity (Wildman–Crippen MR) is 67.7 cm³/mol. The van der Waals surface area contributed by atoms with Gasteiger partial charge in [-0.15, -0.1) is 0 Å². The third-order valence-corrected chi connectivity index (χ3v) is 3.51. The zero-order chi connectivity index (χ0) is 11.5. The average Bonchev–Trinajstić information content (AvgIpc) is 2.30. The van der Waals surface area contributed by atoms with Crippen LogP contribution in [0.25, 0.3) is 0 Å². The summed E-state index contributed by atoms with van der Waals surface area (Å²) in [6, 6.07) is 4.86. The first-order valence-corrected chi connectivity index (χ1v) is 6.08. The quantitative estimate of drug-likeness (QED) is 0.828. The van der Waals surface area contributed by atoms with Crippen LogP contribution in [0, 0.1) is 6.92 Å². The van der Waals surface area contributed by atoms with Crippen LogP contribution >= 0.6 is 0 Å². The Morgan fingerprint density at radius 2 is 2.19 bits per heavy atom. The topological polar surface area (TPSA) is 28.2 Å². The fraction of sp³-hybridized carbons (Fsp3) is 0.615. The lowest BCUT2D eigenvalue weighted by atomic mass is 9.95. The molecular formula is C13H21N3. The van der Waals surface area contributed by atoms with Gasteiger partial charge < -0.3 is 5.32 Å². The van der Waals surface area contributed by atoms with E-state index in [4.69, 9.17) is 0 Å². The smallest absolute Gasteiger partial charge is 0.125 e. The lowest BCUT2D eigenvalue weighted by molar-refractivity contribution is 0.186. The summed E-state index contributed by atoms with van der Waals surface area (Å²) in [6.07, 6.45) is 3.92. The van der Waals surface area contributed by atoms with E-state index in [0.29, 0.717) is 6.04 Å². The van der Waals surface area contributed by atoms with Crippen molar-refractivity contribution < 1.29 is 0 Å². The molecule has 1 atom stereocenters. The van der Waals surface area contributed by atoms with Crippen LogP contribution in [-0.2, 0) is 0 Å². The van der Waals surface area contributed by atoms with Crippen molar-refractivity contribution in [3.63, 3.8) is 0 Å². The zero-order valence-corrected chi connectivity index (χ0v) is 10.5. The lowest BCUT2D eigenvalue weighted by Crippen LogP contribution is -2.30. The Kier molecular flexibility index (Phi) is 3.44. The molecule has 0 saturated carbocycles. The van der Waals surface area contributed by atoms with Crippen LogP contribution in [0.1, 0.15) is 36.6 Å². The number of hydrogen-bond acceptors (Lipinski definition) is 3. The van der Waals surface area contributed by atoms with Crippen molar-refractivity contribution in [2.75, 3.05) is 26.0 Å². The van der Waals surface area contributed by atoms with Crippen LogP contribution < -0.4 is 5.32 Å². The summed E-state index contributed by atoms with van der Waals surface area (Å²) in [5.74, 6) is 0.958. The molecule has 1 saturated heterocycles. The van der Waals surface area contributed by atoms with Gasteiger partial charge in [0.1, 0.15) is 5.82 Å². The third-order valence-electron chi connectivity index (χ3n) is 3.51. The van der Waals surface area contributed by atoms with E-state index < -0.39 is 0 Å². The molecule has 0 bridgehead atoms. The summed E-state index contributed by atoms with van der Waals surface area (Å²) in [7, 11) is 4.13. The number of aryl methyl sites for hydroxylation is 1. The molecule has 1 N–H and O–H groups in total. The minimum Gasteiger partial charge on any atom is -0.373 e. The predicted octanol–water partition coefficient (Wildman–Crippen LogP) is 2.59. The molecule has 0 radical (unpaired) electrons. The number of rotatable bonds is 2. The van der Waals surface area contributed by atoms with Crippen LogP contribution in [0.3, 0.4) is 0 Å². The van der Waals surface area contributed by atoms with Gasteiger partial charge >= 0.3 is 0 Å². The van der Waals surface area contributed by atoms with Crippen molar-refractivity contribution in [3.8, 4) is 0 Å². The lowest BCUT2D eigenvalue weighted by Gasteiger charge is -2.33. The highest BCUT2D eigenvalue weighted by atomic mass is 15.1. The second kappa shape index (κ2) is 4.83. The fourth-order valence-electron chi connectivity index (χ4n) is 2.53. The molecule has 88 valence electrons. The Labute approximate surface area is 97.9 Å². The Morgan fingerprint density at radius 1 is 1.38 bits per heavy atom. The number of hydrogen-bond donors (Lipinski definition) is 1. The number of nitrogens with one attached hydrogen (secondary N) is 1. The van der Waals surface area contributed by atoms with Crippen LogP contribution in [-0.4, -0.2) is 30.5 Å². The highest BCUT2D eigenvalue weighted by Crippen LogP contribution is 2.31. The second-order valence-electron chi connectivity index (χ2n) is 4.61. The van der Waals surface area contributed by atoms with Gasteiger partial charge in [0.05, 0.1) is 0 Å². The molecule has 1 aromatic rings. The minimum atomic E-state index is 0.562. The zero-order valence-electron chi connectivity index (χ0n) is 10.5. The molecule has 0 aliphatic carbocycles. The van der Waals surface area contributed by atoms with Gasteiger partial charge in [-0.25, -0.2) is 4.98 Å². The summed E-state index contributed by atoms with van der Waals surface area (Å²) >= 11 is 0. The first kappa shape index (κ1) is 11.4. The average molecular weight is 219 g/mol. The fourth-order valence-corrected chi connectivity index (χ4v) is 2.53. The molecule has 0 unspecified atom stereocenters. The van der Waals surface area contributed by atoms with E-state index in [-0.39, 0.29) is 0 Å². The van der Waals surface area contributed by atoms with Crippen molar-refractivity contribution in [2.24, 2.45) is 0 Å². The van der Waals surface area contributed by atoms with Crippen LogP contribution in [0.2, 0.25) is 0 Å². The number of likely N-dealkylation sites (tertiary alicyclic amines) is 1. The first-order valence-electron chi connectivity index (χ1n) is 6.08. The molecular weight excluding hydrogens is 198 g/mol.